The first-order valence-corrected chi connectivity index (χ1v) is 8.36. The number of sulfone groups is 1. The highest BCUT2D eigenvalue weighted by Gasteiger charge is 2.60. The number of nitrogens with one attached hydrogen (secondary N) is 1. The molecule has 18 heavy (non-hydrogen) atoms. The number of ether oxygens (including phenoxy) is 1. The van der Waals surface area contributed by atoms with Gasteiger partial charge in [0.05, 0.1) is 17.4 Å². The predicted molar refractivity (Wildman–Crippen MR) is 65.8 cm³/mol. The Morgan fingerprint density at radius 2 is 2.00 bits per heavy atom. The summed E-state index contributed by atoms with van der Waals surface area (Å²) in [7, 11) is -2.89. The molecule has 3 heterocycles. The molecule has 0 radical (unpaired) electrons. The largest absolute Gasteiger partial charge is 0.462 e. The fourth-order valence-electron chi connectivity index (χ4n) is 3.48. The standard InChI is InChI=1S/C12H19NO4S/c1-12-6-9(13-7-12)10(12)11(14)17-8-2-4-18(15,16)5-3-8/h8-10,13H,2-7H2,1H3/t9-,10+,12-/m1/s1. The molecular formula is C12H19NO4S. The highest BCUT2D eigenvalue weighted by molar-refractivity contribution is 7.91. The molecule has 4 aliphatic rings. The van der Waals surface area contributed by atoms with Gasteiger partial charge in [-0.2, -0.15) is 0 Å². The smallest absolute Gasteiger partial charge is 0.311 e. The van der Waals surface area contributed by atoms with E-state index in [1.807, 2.05) is 0 Å². The van der Waals surface area contributed by atoms with Crippen molar-refractivity contribution in [3.63, 3.8) is 0 Å². The molecule has 0 aromatic heterocycles. The third-order valence-electron chi connectivity index (χ3n) is 4.65. The fourth-order valence-corrected chi connectivity index (χ4v) is 4.93. The minimum Gasteiger partial charge on any atom is -0.462 e. The van der Waals surface area contributed by atoms with Crippen molar-refractivity contribution in [1.82, 2.24) is 5.32 Å². The topological polar surface area (TPSA) is 72.5 Å². The summed E-state index contributed by atoms with van der Waals surface area (Å²) in [4.78, 5) is 12.1. The quantitative estimate of drug-likeness (QED) is 0.723. The summed E-state index contributed by atoms with van der Waals surface area (Å²) < 4.78 is 28.1. The van der Waals surface area contributed by atoms with E-state index in [2.05, 4.69) is 12.2 Å². The lowest BCUT2D eigenvalue weighted by molar-refractivity contribution is -0.163. The molecule has 4 fully saturated rings. The van der Waals surface area contributed by atoms with Gasteiger partial charge in [0.1, 0.15) is 6.10 Å². The van der Waals surface area contributed by atoms with Crippen LogP contribution < -0.4 is 5.32 Å². The average Bonchev–Trinajstić information content (AvgIpc) is 2.78. The number of esters is 1. The summed E-state index contributed by atoms with van der Waals surface area (Å²) in [6.45, 7) is 3.00. The summed E-state index contributed by atoms with van der Waals surface area (Å²) in [6.07, 6.45) is 1.75. The van der Waals surface area contributed by atoms with Crippen LogP contribution in [0.15, 0.2) is 0 Å². The number of carbonyl (C=O) groups excluding carboxylic acids is 1. The molecular weight excluding hydrogens is 254 g/mol. The second-order valence-electron chi connectivity index (χ2n) is 6.11. The van der Waals surface area contributed by atoms with Crippen molar-refractivity contribution in [2.45, 2.75) is 38.3 Å². The zero-order valence-corrected chi connectivity index (χ0v) is 11.3. The predicted octanol–water partition coefficient (Wildman–Crippen LogP) is 0.105. The highest BCUT2D eigenvalue weighted by Crippen LogP contribution is 2.51. The Bertz CT molecular complexity index is 456. The van der Waals surface area contributed by atoms with E-state index in [0.29, 0.717) is 12.8 Å². The highest BCUT2D eigenvalue weighted by atomic mass is 32.2. The molecule has 0 aromatic carbocycles. The molecule has 1 N–H and O–H groups in total. The number of hydrogen-bond donors (Lipinski definition) is 1. The molecule has 0 unspecified atom stereocenters. The summed E-state index contributed by atoms with van der Waals surface area (Å²) in [5.74, 6) is 0.127. The van der Waals surface area contributed by atoms with Crippen LogP contribution in [0, 0.1) is 11.3 Å². The number of fused-ring (bicyclic) bond motifs is 1. The first-order valence-electron chi connectivity index (χ1n) is 6.54. The zero-order chi connectivity index (χ0) is 13.0. The Morgan fingerprint density at radius 3 is 2.50 bits per heavy atom. The van der Waals surface area contributed by atoms with Gasteiger partial charge in [-0.15, -0.1) is 0 Å². The van der Waals surface area contributed by atoms with E-state index in [4.69, 9.17) is 4.74 Å². The molecule has 1 saturated carbocycles. The average molecular weight is 273 g/mol. The van der Waals surface area contributed by atoms with Crippen LogP contribution in [0.5, 0.6) is 0 Å². The van der Waals surface area contributed by atoms with Crippen LogP contribution in [0.3, 0.4) is 0 Å². The maximum atomic E-state index is 12.1. The Hall–Kier alpha value is -0.620. The lowest BCUT2D eigenvalue weighted by Gasteiger charge is -2.42. The van der Waals surface area contributed by atoms with Crippen molar-refractivity contribution in [1.29, 1.82) is 0 Å². The number of carbonyl (C=O) groups is 1. The van der Waals surface area contributed by atoms with Crippen LogP contribution >= 0.6 is 0 Å². The van der Waals surface area contributed by atoms with Crippen LogP contribution in [0.2, 0.25) is 0 Å². The Kier molecular flexibility index (Phi) is 2.71. The Balaban J connectivity index is 1.57. The first kappa shape index (κ1) is 12.4. The fraction of sp³-hybridized carbons (Fsp3) is 0.917. The van der Waals surface area contributed by atoms with Gasteiger partial charge in [-0.3, -0.25) is 4.79 Å². The normalized spacial score (nSPS) is 42.3. The molecule has 2 bridgehead atoms. The van der Waals surface area contributed by atoms with Gasteiger partial charge in [0.15, 0.2) is 9.84 Å². The molecule has 4 rings (SSSR count). The summed E-state index contributed by atoms with van der Waals surface area (Å²) in [5.41, 5.74) is 0.0580. The third-order valence-corrected chi connectivity index (χ3v) is 6.36. The molecule has 3 atom stereocenters. The van der Waals surface area contributed by atoms with E-state index in [9.17, 15) is 13.2 Å². The zero-order valence-electron chi connectivity index (χ0n) is 10.5. The van der Waals surface area contributed by atoms with Gasteiger partial charge in [0.25, 0.3) is 0 Å². The molecule has 6 heteroatoms. The van der Waals surface area contributed by atoms with Crippen molar-refractivity contribution in [3.8, 4) is 0 Å². The molecule has 102 valence electrons. The molecule has 5 nitrogen and oxygen atoms in total. The summed E-state index contributed by atoms with van der Waals surface area (Å²) in [5, 5.41) is 3.32. The first-order chi connectivity index (χ1) is 8.40. The van der Waals surface area contributed by atoms with E-state index in [1.165, 1.54) is 0 Å². The van der Waals surface area contributed by atoms with Gasteiger partial charge >= 0.3 is 5.97 Å². The second kappa shape index (κ2) is 3.93. The lowest BCUT2D eigenvalue weighted by Crippen LogP contribution is -2.50. The summed E-state index contributed by atoms with van der Waals surface area (Å²) in [6, 6.07) is 0.273. The van der Waals surface area contributed by atoms with Gasteiger partial charge in [0, 0.05) is 12.6 Å². The van der Waals surface area contributed by atoms with Gasteiger partial charge < -0.3 is 10.1 Å². The molecule has 3 saturated heterocycles. The van der Waals surface area contributed by atoms with Crippen molar-refractivity contribution in [2.24, 2.45) is 11.3 Å². The SMILES string of the molecule is C[C@]12CN[C@H](C1)[C@H]2C(=O)OC1CCS(=O)(=O)CC1. The number of rotatable bonds is 2. The monoisotopic (exact) mass is 273 g/mol. The van der Waals surface area contributed by atoms with Crippen molar-refractivity contribution >= 4 is 15.8 Å². The van der Waals surface area contributed by atoms with Gasteiger partial charge in [-0.05, 0) is 24.7 Å². The van der Waals surface area contributed by atoms with Crippen LogP contribution in [0.1, 0.15) is 26.2 Å². The van der Waals surface area contributed by atoms with Crippen LogP contribution in [-0.2, 0) is 19.4 Å². The summed E-state index contributed by atoms with van der Waals surface area (Å²) >= 11 is 0. The molecule has 0 amide bonds. The van der Waals surface area contributed by atoms with Crippen LogP contribution in [0.4, 0.5) is 0 Å². The third kappa shape index (κ3) is 1.95. The minimum absolute atomic E-state index is 0.0315. The molecule has 0 spiro atoms. The van der Waals surface area contributed by atoms with E-state index in [-0.39, 0.29) is 41.0 Å². The van der Waals surface area contributed by atoms with Crippen LogP contribution in [-0.4, -0.2) is 44.6 Å². The maximum Gasteiger partial charge on any atom is 0.311 e. The lowest BCUT2D eigenvalue weighted by atomic mass is 9.62. The van der Waals surface area contributed by atoms with Gasteiger partial charge in [-0.25, -0.2) is 8.42 Å². The second-order valence-corrected chi connectivity index (χ2v) is 8.41. The van der Waals surface area contributed by atoms with Crippen molar-refractivity contribution in [2.75, 3.05) is 18.1 Å². The van der Waals surface area contributed by atoms with Gasteiger partial charge in [-0.1, -0.05) is 6.92 Å². The van der Waals surface area contributed by atoms with Crippen molar-refractivity contribution in [3.05, 3.63) is 0 Å². The molecule has 1 aliphatic carbocycles. The Morgan fingerprint density at radius 1 is 1.33 bits per heavy atom. The van der Waals surface area contributed by atoms with E-state index >= 15 is 0 Å². The van der Waals surface area contributed by atoms with Crippen LogP contribution in [0.25, 0.3) is 0 Å². The minimum atomic E-state index is -2.89. The van der Waals surface area contributed by atoms with E-state index in [1.54, 1.807) is 0 Å². The Labute approximate surface area is 107 Å². The maximum absolute atomic E-state index is 12.1. The van der Waals surface area contributed by atoms with Crippen molar-refractivity contribution < 1.29 is 17.9 Å². The number of hydrogen-bond acceptors (Lipinski definition) is 5. The van der Waals surface area contributed by atoms with Gasteiger partial charge in [0.2, 0.25) is 0 Å². The van der Waals surface area contributed by atoms with E-state index in [0.717, 1.165) is 13.0 Å². The molecule has 3 aliphatic heterocycles. The van der Waals surface area contributed by atoms with E-state index < -0.39 is 9.84 Å². The molecule has 0 aromatic rings.